The molecule has 0 saturated carbocycles. The number of nitrogens with one attached hydrogen (secondary N) is 1. The summed E-state index contributed by atoms with van der Waals surface area (Å²) >= 11 is 8.01. The van der Waals surface area contributed by atoms with Gasteiger partial charge in [-0.2, -0.15) is 11.8 Å². The van der Waals surface area contributed by atoms with Gasteiger partial charge in [-0.1, -0.05) is 23.7 Å². The minimum atomic E-state index is 0.109. The molecule has 0 amide bonds. The smallest absolute Gasteiger partial charge is 0.0795 e. The number of methoxy groups -OCH3 is 1. The van der Waals surface area contributed by atoms with Crippen molar-refractivity contribution in [3.63, 3.8) is 0 Å². The fraction of sp³-hybridized carbons (Fsp3) is 0.647. The van der Waals surface area contributed by atoms with Gasteiger partial charge in [-0.3, -0.25) is 0 Å². The Morgan fingerprint density at radius 2 is 2.27 bits per heavy atom. The van der Waals surface area contributed by atoms with Crippen LogP contribution in [0.25, 0.3) is 0 Å². The number of ether oxygens (including phenoxy) is 2. The topological polar surface area (TPSA) is 30.5 Å². The summed E-state index contributed by atoms with van der Waals surface area (Å²) in [7, 11) is 1.75. The second kappa shape index (κ2) is 7.54. The first kappa shape index (κ1) is 16.6. The first-order valence-corrected chi connectivity index (χ1v) is 9.46. The molecule has 2 fully saturated rings. The summed E-state index contributed by atoms with van der Waals surface area (Å²) in [6.07, 6.45) is 3.36. The zero-order valence-corrected chi connectivity index (χ0v) is 14.6. The van der Waals surface area contributed by atoms with Crippen LogP contribution in [0.4, 0.5) is 0 Å². The minimum absolute atomic E-state index is 0.109. The van der Waals surface area contributed by atoms with E-state index in [0.29, 0.717) is 12.6 Å². The van der Waals surface area contributed by atoms with E-state index in [1.165, 1.54) is 17.7 Å². The molecule has 0 bridgehead atoms. The lowest BCUT2D eigenvalue weighted by Gasteiger charge is -2.39. The number of hydrogen-bond acceptors (Lipinski definition) is 4. The molecule has 0 radical (unpaired) electrons. The lowest BCUT2D eigenvalue weighted by Crippen LogP contribution is -2.48. The van der Waals surface area contributed by atoms with E-state index in [9.17, 15) is 0 Å². The van der Waals surface area contributed by atoms with Crippen LogP contribution in [0.2, 0.25) is 5.02 Å². The molecular weight excluding hydrogens is 318 g/mol. The molecule has 3 rings (SSSR count). The monoisotopic (exact) mass is 341 g/mol. The quantitative estimate of drug-likeness (QED) is 0.885. The summed E-state index contributed by atoms with van der Waals surface area (Å²) < 4.78 is 11.5. The second-order valence-corrected chi connectivity index (χ2v) is 7.79. The first-order valence-electron chi connectivity index (χ1n) is 7.93. The van der Waals surface area contributed by atoms with Gasteiger partial charge in [0.05, 0.1) is 18.2 Å². The van der Waals surface area contributed by atoms with E-state index in [4.69, 9.17) is 21.1 Å². The third-order valence-electron chi connectivity index (χ3n) is 4.60. The third kappa shape index (κ3) is 3.98. The van der Waals surface area contributed by atoms with E-state index in [1.54, 1.807) is 7.11 Å². The van der Waals surface area contributed by atoms with Crippen molar-refractivity contribution < 1.29 is 9.47 Å². The summed E-state index contributed by atoms with van der Waals surface area (Å²) in [6.45, 7) is 1.53. The predicted octanol–water partition coefficient (Wildman–Crippen LogP) is 3.67. The molecule has 0 aromatic heterocycles. The van der Waals surface area contributed by atoms with Crippen molar-refractivity contribution in [1.82, 2.24) is 5.32 Å². The Labute approximate surface area is 142 Å². The molecule has 3 unspecified atom stereocenters. The highest BCUT2D eigenvalue weighted by molar-refractivity contribution is 7.99. The van der Waals surface area contributed by atoms with Crippen LogP contribution >= 0.6 is 23.4 Å². The zero-order chi connectivity index (χ0) is 15.4. The average Bonchev–Trinajstić information content (AvgIpc) is 2.95. The Morgan fingerprint density at radius 3 is 2.95 bits per heavy atom. The van der Waals surface area contributed by atoms with Gasteiger partial charge in [-0.15, -0.1) is 0 Å². The van der Waals surface area contributed by atoms with E-state index in [2.05, 4.69) is 17.4 Å². The molecule has 2 heterocycles. The molecule has 1 N–H and O–H groups in total. The zero-order valence-electron chi connectivity index (χ0n) is 13.0. The lowest BCUT2D eigenvalue weighted by molar-refractivity contribution is -0.0723. The molecule has 1 spiro atoms. The van der Waals surface area contributed by atoms with Gasteiger partial charge in [-0.05, 0) is 42.7 Å². The standard InChI is InChI=1S/C17H24ClNO2S/c1-20-11-16(13-2-4-14(18)5-3-13)19-15-6-8-21-17(10-15)7-9-22-12-17/h2-5,15-16,19H,6-12H2,1H3. The normalized spacial score (nSPS) is 29.8. The highest BCUT2D eigenvalue weighted by Crippen LogP contribution is 2.38. The Kier molecular flexibility index (Phi) is 5.69. The van der Waals surface area contributed by atoms with Gasteiger partial charge in [0, 0.05) is 30.5 Å². The van der Waals surface area contributed by atoms with Crippen LogP contribution in [0, 0.1) is 0 Å². The number of halogens is 1. The van der Waals surface area contributed by atoms with Crippen LogP contribution in [0.15, 0.2) is 24.3 Å². The number of thioether (sulfide) groups is 1. The molecule has 2 aliphatic heterocycles. The van der Waals surface area contributed by atoms with Crippen LogP contribution < -0.4 is 5.32 Å². The van der Waals surface area contributed by atoms with Gasteiger partial charge in [0.15, 0.2) is 0 Å². The summed E-state index contributed by atoms with van der Waals surface area (Å²) in [5.41, 5.74) is 1.34. The predicted molar refractivity (Wildman–Crippen MR) is 92.9 cm³/mol. The van der Waals surface area contributed by atoms with Crippen molar-refractivity contribution in [2.45, 2.75) is 36.9 Å². The van der Waals surface area contributed by atoms with Crippen molar-refractivity contribution in [3.05, 3.63) is 34.9 Å². The molecule has 1 aromatic carbocycles. The Bertz CT molecular complexity index is 476. The number of hydrogen-bond donors (Lipinski definition) is 1. The Hall–Kier alpha value is -0.260. The van der Waals surface area contributed by atoms with E-state index in [0.717, 1.165) is 30.2 Å². The summed E-state index contributed by atoms with van der Waals surface area (Å²) in [4.78, 5) is 0. The third-order valence-corrected chi connectivity index (χ3v) is 6.08. The van der Waals surface area contributed by atoms with Gasteiger partial charge >= 0.3 is 0 Å². The highest BCUT2D eigenvalue weighted by atomic mass is 35.5. The van der Waals surface area contributed by atoms with E-state index in [1.807, 2.05) is 23.9 Å². The maximum atomic E-state index is 6.11. The molecule has 2 saturated heterocycles. The van der Waals surface area contributed by atoms with Gasteiger partial charge < -0.3 is 14.8 Å². The van der Waals surface area contributed by atoms with Crippen LogP contribution in [0.3, 0.4) is 0 Å². The largest absolute Gasteiger partial charge is 0.383 e. The van der Waals surface area contributed by atoms with Crippen molar-refractivity contribution >= 4 is 23.4 Å². The molecule has 3 nitrogen and oxygen atoms in total. The number of benzene rings is 1. The van der Waals surface area contributed by atoms with Gasteiger partial charge in [0.25, 0.3) is 0 Å². The molecule has 1 aromatic rings. The highest BCUT2D eigenvalue weighted by Gasteiger charge is 2.40. The summed E-state index contributed by atoms with van der Waals surface area (Å²) in [6, 6.07) is 8.75. The Morgan fingerprint density at radius 1 is 1.45 bits per heavy atom. The van der Waals surface area contributed by atoms with Crippen molar-refractivity contribution in [2.24, 2.45) is 0 Å². The van der Waals surface area contributed by atoms with Gasteiger partial charge in [-0.25, -0.2) is 0 Å². The maximum Gasteiger partial charge on any atom is 0.0795 e. The summed E-state index contributed by atoms with van der Waals surface area (Å²) in [5.74, 6) is 2.37. The fourth-order valence-electron chi connectivity index (χ4n) is 3.42. The van der Waals surface area contributed by atoms with Crippen molar-refractivity contribution in [1.29, 1.82) is 0 Å². The van der Waals surface area contributed by atoms with Crippen LogP contribution in [0.5, 0.6) is 0 Å². The average molecular weight is 342 g/mol. The number of rotatable bonds is 5. The van der Waals surface area contributed by atoms with E-state index in [-0.39, 0.29) is 11.6 Å². The maximum absolute atomic E-state index is 6.11. The van der Waals surface area contributed by atoms with E-state index < -0.39 is 0 Å². The molecule has 2 aliphatic rings. The molecule has 5 heteroatoms. The van der Waals surface area contributed by atoms with Crippen LogP contribution in [-0.2, 0) is 9.47 Å². The molecule has 0 aliphatic carbocycles. The minimum Gasteiger partial charge on any atom is -0.383 e. The lowest BCUT2D eigenvalue weighted by atomic mass is 9.89. The SMILES string of the molecule is COCC(NC1CCOC2(CCSC2)C1)c1ccc(Cl)cc1. The molecule has 22 heavy (non-hydrogen) atoms. The first-order chi connectivity index (χ1) is 10.7. The molecular formula is C17H24ClNO2S. The van der Waals surface area contributed by atoms with Gasteiger partial charge in [0.2, 0.25) is 0 Å². The van der Waals surface area contributed by atoms with E-state index >= 15 is 0 Å². The second-order valence-electron chi connectivity index (χ2n) is 6.25. The Balaban J connectivity index is 1.66. The van der Waals surface area contributed by atoms with Gasteiger partial charge in [0.1, 0.15) is 0 Å². The molecule has 122 valence electrons. The van der Waals surface area contributed by atoms with Crippen molar-refractivity contribution in [2.75, 3.05) is 31.8 Å². The summed E-state index contributed by atoms with van der Waals surface area (Å²) in [5, 5.41) is 4.56. The fourth-order valence-corrected chi connectivity index (χ4v) is 4.92. The molecule has 3 atom stereocenters. The van der Waals surface area contributed by atoms with Crippen LogP contribution in [-0.4, -0.2) is 43.5 Å². The van der Waals surface area contributed by atoms with Crippen molar-refractivity contribution in [3.8, 4) is 0 Å². The van der Waals surface area contributed by atoms with Crippen LogP contribution in [0.1, 0.15) is 30.9 Å².